The van der Waals surface area contributed by atoms with Crippen molar-refractivity contribution < 1.29 is 14.3 Å². The van der Waals surface area contributed by atoms with Crippen LogP contribution in [0.1, 0.15) is 16.1 Å². The lowest BCUT2D eigenvalue weighted by atomic mass is 9.99. The number of hydrogen-bond acceptors (Lipinski definition) is 4. The molecule has 0 N–H and O–H groups in total. The smallest absolute Gasteiger partial charge is 0.340 e. The van der Waals surface area contributed by atoms with Gasteiger partial charge in [0.1, 0.15) is 5.75 Å². The van der Waals surface area contributed by atoms with Gasteiger partial charge in [-0.1, -0.05) is 17.7 Å². The van der Waals surface area contributed by atoms with Gasteiger partial charge in [0.05, 0.1) is 24.8 Å². The van der Waals surface area contributed by atoms with Crippen LogP contribution in [0.4, 0.5) is 0 Å². The van der Waals surface area contributed by atoms with Crippen molar-refractivity contribution in [3.8, 4) is 16.9 Å². The maximum atomic E-state index is 11.9. The minimum absolute atomic E-state index is 0.351. The molecule has 0 aliphatic heterocycles. The SMILES string of the molecule is COC(=O)c1cnc(C)cc1-c1c(Cl)cccc1OC. The van der Waals surface area contributed by atoms with Crippen molar-refractivity contribution in [2.45, 2.75) is 6.92 Å². The number of methoxy groups -OCH3 is 2. The maximum Gasteiger partial charge on any atom is 0.340 e. The van der Waals surface area contributed by atoms with Crippen LogP contribution in [0, 0.1) is 6.92 Å². The van der Waals surface area contributed by atoms with E-state index in [-0.39, 0.29) is 0 Å². The van der Waals surface area contributed by atoms with Gasteiger partial charge in [-0.05, 0) is 25.1 Å². The van der Waals surface area contributed by atoms with Crippen LogP contribution in [0.15, 0.2) is 30.5 Å². The first kappa shape index (κ1) is 14.3. The molecule has 4 nitrogen and oxygen atoms in total. The largest absolute Gasteiger partial charge is 0.496 e. The Labute approximate surface area is 122 Å². The van der Waals surface area contributed by atoms with Gasteiger partial charge in [-0.15, -0.1) is 0 Å². The second-order valence-corrected chi connectivity index (χ2v) is 4.59. The standard InChI is InChI=1S/C15H14ClNO3/c1-9-7-10(11(8-17-9)15(18)20-3)14-12(16)5-4-6-13(14)19-2/h4-8H,1-3H3. The van der Waals surface area contributed by atoms with Crippen LogP contribution < -0.4 is 4.74 Å². The summed E-state index contributed by atoms with van der Waals surface area (Å²) in [7, 11) is 2.89. The van der Waals surface area contributed by atoms with E-state index in [4.69, 9.17) is 21.1 Å². The number of nitrogens with zero attached hydrogens (tertiary/aromatic N) is 1. The fourth-order valence-corrected chi connectivity index (χ4v) is 2.24. The molecule has 0 aliphatic carbocycles. The minimum atomic E-state index is -0.463. The molecule has 0 bridgehead atoms. The number of rotatable bonds is 3. The predicted octanol–water partition coefficient (Wildman–Crippen LogP) is 3.51. The summed E-state index contributed by atoms with van der Waals surface area (Å²) in [5.41, 5.74) is 2.42. The number of halogens is 1. The zero-order chi connectivity index (χ0) is 14.7. The Kier molecular flexibility index (Phi) is 4.25. The van der Waals surface area contributed by atoms with Crippen LogP contribution in [0.3, 0.4) is 0 Å². The van der Waals surface area contributed by atoms with Crippen molar-refractivity contribution in [2.75, 3.05) is 14.2 Å². The highest BCUT2D eigenvalue weighted by molar-refractivity contribution is 6.34. The van der Waals surface area contributed by atoms with E-state index < -0.39 is 5.97 Å². The van der Waals surface area contributed by atoms with Crippen molar-refractivity contribution >= 4 is 17.6 Å². The van der Waals surface area contributed by atoms with Crippen LogP contribution in [0.5, 0.6) is 5.75 Å². The van der Waals surface area contributed by atoms with E-state index >= 15 is 0 Å². The van der Waals surface area contributed by atoms with E-state index in [9.17, 15) is 4.79 Å². The monoisotopic (exact) mass is 291 g/mol. The maximum absolute atomic E-state index is 11.9. The third-order valence-electron chi connectivity index (χ3n) is 2.91. The number of benzene rings is 1. The lowest BCUT2D eigenvalue weighted by molar-refractivity contribution is 0.0601. The molecule has 0 aliphatic rings. The molecule has 20 heavy (non-hydrogen) atoms. The number of ether oxygens (including phenoxy) is 2. The number of esters is 1. The van der Waals surface area contributed by atoms with Gasteiger partial charge in [0, 0.05) is 23.0 Å². The molecule has 5 heteroatoms. The van der Waals surface area contributed by atoms with Gasteiger partial charge in [-0.2, -0.15) is 0 Å². The molecule has 0 unspecified atom stereocenters. The first-order valence-corrected chi connectivity index (χ1v) is 6.34. The quantitative estimate of drug-likeness (QED) is 0.812. The molecule has 2 aromatic rings. The van der Waals surface area contributed by atoms with Gasteiger partial charge in [0.25, 0.3) is 0 Å². The average molecular weight is 292 g/mol. The summed E-state index contributed by atoms with van der Waals surface area (Å²) in [6.07, 6.45) is 1.49. The fraction of sp³-hybridized carbons (Fsp3) is 0.200. The van der Waals surface area contributed by atoms with Crippen LogP contribution in [-0.2, 0) is 4.74 Å². The molecule has 0 saturated carbocycles. The molecule has 0 radical (unpaired) electrons. The van der Waals surface area contributed by atoms with Crippen molar-refractivity contribution in [1.29, 1.82) is 0 Å². The molecular formula is C15H14ClNO3. The predicted molar refractivity (Wildman–Crippen MR) is 77.3 cm³/mol. The van der Waals surface area contributed by atoms with Crippen molar-refractivity contribution in [3.05, 3.63) is 46.7 Å². The minimum Gasteiger partial charge on any atom is -0.496 e. The van der Waals surface area contributed by atoms with Gasteiger partial charge < -0.3 is 9.47 Å². The summed E-state index contributed by atoms with van der Waals surface area (Å²) in [5, 5.41) is 0.500. The summed E-state index contributed by atoms with van der Waals surface area (Å²) < 4.78 is 10.1. The molecule has 104 valence electrons. The Morgan fingerprint density at radius 3 is 2.70 bits per heavy atom. The topological polar surface area (TPSA) is 48.4 Å². The second kappa shape index (κ2) is 5.92. The van der Waals surface area contributed by atoms with Crippen molar-refractivity contribution in [2.24, 2.45) is 0 Å². The Morgan fingerprint density at radius 2 is 2.05 bits per heavy atom. The number of hydrogen-bond donors (Lipinski definition) is 0. The molecular weight excluding hydrogens is 278 g/mol. The highest BCUT2D eigenvalue weighted by Crippen LogP contribution is 2.38. The summed E-state index contributed by atoms with van der Waals surface area (Å²) >= 11 is 6.26. The lowest BCUT2D eigenvalue weighted by Crippen LogP contribution is -2.06. The van der Waals surface area contributed by atoms with Crippen LogP contribution in [0.25, 0.3) is 11.1 Å². The molecule has 1 aromatic heterocycles. The van der Waals surface area contributed by atoms with Gasteiger partial charge in [0.2, 0.25) is 0 Å². The Hall–Kier alpha value is -2.07. The zero-order valence-corrected chi connectivity index (χ0v) is 12.2. The second-order valence-electron chi connectivity index (χ2n) is 4.18. The molecule has 0 fully saturated rings. The Morgan fingerprint density at radius 1 is 1.30 bits per heavy atom. The molecule has 2 rings (SSSR count). The Balaban J connectivity index is 2.75. The normalized spacial score (nSPS) is 10.2. The van der Waals surface area contributed by atoms with E-state index in [1.54, 1.807) is 31.4 Å². The molecule has 1 aromatic carbocycles. The molecule has 0 saturated heterocycles. The van der Waals surface area contributed by atoms with Gasteiger partial charge in [-0.25, -0.2) is 4.79 Å². The van der Waals surface area contributed by atoms with Gasteiger partial charge >= 0.3 is 5.97 Å². The summed E-state index contributed by atoms with van der Waals surface area (Å²) in [6, 6.07) is 7.11. The first-order chi connectivity index (χ1) is 9.58. The van der Waals surface area contributed by atoms with E-state index in [1.807, 2.05) is 6.92 Å². The summed E-state index contributed by atoms with van der Waals surface area (Å²) in [4.78, 5) is 16.0. The fourth-order valence-electron chi connectivity index (χ4n) is 1.98. The van der Waals surface area contributed by atoms with Gasteiger partial charge in [0.15, 0.2) is 0 Å². The van der Waals surface area contributed by atoms with Crippen molar-refractivity contribution in [1.82, 2.24) is 4.98 Å². The number of carbonyl (C=O) groups excluding carboxylic acids is 1. The highest BCUT2D eigenvalue weighted by Gasteiger charge is 2.19. The molecule has 0 spiro atoms. The van der Waals surface area contributed by atoms with Gasteiger partial charge in [-0.3, -0.25) is 4.98 Å². The molecule has 1 heterocycles. The Bertz CT molecular complexity index is 656. The highest BCUT2D eigenvalue weighted by atomic mass is 35.5. The molecule has 0 atom stereocenters. The van der Waals surface area contributed by atoms with Crippen LogP contribution in [-0.4, -0.2) is 25.2 Å². The third kappa shape index (κ3) is 2.60. The van der Waals surface area contributed by atoms with E-state index in [2.05, 4.69) is 4.98 Å². The van der Waals surface area contributed by atoms with E-state index in [0.29, 0.717) is 27.5 Å². The average Bonchev–Trinajstić information content (AvgIpc) is 2.46. The summed E-state index contributed by atoms with van der Waals surface area (Å²) in [5.74, 6) is 0.128. The molecule has 0 amide bonds. The summed E-state index contributed by atoms with van der Waals surface area (Å²) in [6.45, 7) is 1.84. The van der Waals surface area contributed by atoms with E-state index in [0.717, 1.165) is 5.69 Å². The third-order valence-corrected chi connectivity index (χ3v) is 3.23. The zero-order valence-electron chi connectivity index (χ0n) is 11.4. The number of carbonyl (C=O) groups is 1. The van der Waals surface area contributed by atoms with Crippen molar-refractivity contribution in [3.63, 3.8) is 0 Å². The number of pyridine rings is 1. The van der Waals surface area contributed by atoms with E-state index in [1.165, 1.54) is 13.3 Å². The first-order valence-electron chi connectivity index (χ1n) is 5.96. The number of aryl methyl sites for hydroxylation is 1. The van der Waals surface area contributed by atoms with Crippen LogP contribution in [0.2, 0.25) is 5.02 Å². The van der Waals surface area contributed by atoms with Crippen LogP contribution >= 0.6 is 11.6 Å². The number of aromatic nitrogens is 1. The lowest BCUT2D eigenvalue weighted by Gasteiger charge is -2.14.